The highest BCUT2D eigenvalue weighted by Crippen LogP contribution is 2.33. The molecule has 1 aliphatic heterocycles. The van der Waals surface area contributed by atoms with Gasteiger partial charge in [0.1, 0.15) is 5.75 Å². The smallest absolute Gasteiger partial charge is 0.182 e. The minimum Gasteiger partial charge on any atom is -0.497 e. The van der Waals surface area contributed by atoms with E-state index in [1.54, 1.807) is 18.2 Å². The topological polar surface area (TPSA) is 55.4 Å². The SMILES string of the molecule is COc1ccc2c(c1)S(=O)(=O)CC(C(C)C)N2. The monoisotopic (exact) mass is 255 g/mol. The lowest BCUT2D eigenvalue weighted by molar-refractivity contribution is 0.413. The van der Waals surface area contributed by atoms with E-state index in [0.717, 1.165) is 0 Å². The van der Waals surface area contributed by atoms with Crippen LogP contribution in [0.3, 0.4) is 0 Å². The van der Waals surface area contributed by atoms with Gasteiger partial charge in [0.2, 0.25) is 0 Å². The zero-order chi connectivity index (χ0) is 12.6. The van der Waals surface area contributed by atoms with Crippen LogP contribution >= 0.6 is 0 Å². The second kappa shape index (κ2) is 4.22. The molecular weight excluding hydrogens is 238 g/mol. The molecule has 0 aliphatic carbocycles. The molecule has 1 N–H and O–H groups in total. The summed E-state index contributed by atoms with van der Waals surface area (Å²) in [6, 6.07) is 5.08. The van der Waals surface area contributed by atoms with Crippen molar-refractivity contribution in [1.82, 2.24) is 0 Å². The van der Waals surface area contributed by atoms with Crippen molar-refractivity contribution in [3.05, 3.63) is 18.2 Å². The molecule has 0 aromatic heterocycles. The van der Waals surface area contributed by atoms with Gasteiger partial charge in [-0.25, -0.2) is 8.42 Å². The van der Waals surface area contributed by atoms with Crippen molar-refractivity contribution in [2.45, 2.75) is 24.8 Å². The average molecular weight is 255 g/mol. The first kappa shape index (κ1) is 12.2. The maximum absolute atomic E-state index is 12.2. The fraction of sp³-hybridized carbons (Fsp3) is 0.500. The van der Waals surface area contributed by atoms with E-state index < -0.39 is 9.84 Å². The van der Waals surface area contributed by atoms with Crippen LogP contribution in [-0.4, -0.2) is 27.3 Å². The summed E-state index contributed by atoms with van der Waals surface area (Å²) in [5.41, 5.74) is 0.677. The first-order chi connectivity index (χ1) is 7.94. The van der Waals surface area contributed by atoms with E-state index in [0.29, 0.717) is 16.3 Å². The van der Waals surface area contributed by atoms with Gasteiger partial charge in [0.25, 0.3) is 0 Å². The molecule has 1 aromatic carbocycles. The van der Waals surface area contributed by atoms with Crippen LogP contribution in [0.25, 0.3) is 0 Å². The second-order valence-corrected chi connectivity index (χ2v) is 6.64. The Morgan fingerprint density at radius 1 is 1.41 bits per heavy atom. The largest absolute Gasteiger partial charge is 0.497 e. The Labute approximate surface area is 102 Å². The Bertz CT molecular complexity index is 523. The molecule has 1 unspecified atom stereocenters. The zero-order valence-electron chi connectivity index (χ0n) is 10.2. The molecule has 0 spiro atoms. The van der Waals surface area contributed by atoms with Crippen molar-refractivity contribution in [2.24, 2.45) is 5.92 Å². The average Bonchev–Trinajstić information content (AvgIpc) is 2.27. The molecular formula is C12H17NO3S. The van der Waals surface area contributed by atoms with Crippen molar-refractivity contribution < 1.29 is 13.2 Å². The molecule has 2 rings (SSSR count). The summed E-state index contributed by atoms with van der Waals surface area (Å²) in [5, 5.41) is 3.27. The van der Waals surface area contributed by atoms with Gasteiger partial charge in [-0.05, 0) is 18.1 Å². The predicted octanol–water partition coefficient (Wildman–Crippen LogP) is 1.92. The van der Waals surface area contributed by atoms with E-state index in [2.05, 4.69) is 5.32 Å². The predicted molar refractivity (Wildman–Crippen MR) is 67.3 cm³/mol. The normalized spacial score (nSPS) is 21.8. The molecule has 0 bridgehead atoms. The number of fused-ring (bicyclic) bond motifs is 1. The van der Waals surface area contributed by atoms with Gasteiger partial charge in [0.05, 0.1) is 23.4 Å². The summed E-state index contributed by atoms with van der Waals surface area (Å²) in [5.74, 6) is 0.988. The van der Waals surface area contributed by atoms with E-state index in [1.165, 1.54) is 7.11 Å². The molecule has 17 heavy (non-hydrogen) atoms. The van der Waals surface area contributed by atoms with Gasteiger partial charge in [0.15, 0.2) is 9.84 Å². The molecule has 5 heteroatoms. The first-order valence-corrected chi connectivity index (χ1v) is 7.26. The third-order valence-corrected chi connectivity index (χ3v) is 4.87. The van der Waals surface area contributed by atoms with Crippen molar-refractivity contribution in [1.29, 1.82) is 0 Å². The highest BCUT2D eigenvalue weighted by Gasteiger charge is 2.31. The number of anilines is 1. The Kier molecular flexibility index (Phi) is 3.03. The molecule has 0 fully saturated rings. The molecule has 0 saturated carbocycles. The van der Waals surface area contributed by atoms with Gasteiger partial charge in [-0.1, -0.05) is 13.8 Å². The number of methoxy groups -OCH3 is 1. The van der Waals surface area contributed by atoms with Crippen molar-refractivity contribution in [3.63, 3.8) is 0 Å². The van der Waals surface area contributed by atoms with Gasteiger partial charge >= 0.3 is 0 Å². The van der Waals surface area contributed by atoms with Crippen LogP contribution in [0.1, 0.15) is 13.8 Å². The Balaban J connectivity index is 2.49. The number of hydrogen-bond donors (Lipinski definition) is 1. The molecule has 0 saturated heterocycles. The Morgan fingerprint density at radius 3 is 2.71 bits per heavy atom. The van der Waals surface area contributed by atoms with Gasteiger partial charge in [-0.3, -0.25) is 0 Å². The van der Waals surface area contributed by atoms with Crippen LogP contribution in [-0.2, 0) is 9.84 Å². The number of sulfone groups is 1. The number of benzene rings is 1. The third-order valence-electron chi connectivity index (χ3n) is 3.07. The van der Waals surface area contributed by atoms with Gasteiger partial charge in [-0.15, -0.1) is 0 Å². The van der Waals surface area contributed by atoms with Crippen LogP contribution in [0.2, 0.25) is 0 Å². The highest BCUT2D eigenvalue weighted by atomic mass is 32.2. The van der Waals surface area contributed by atoms with Crippen molar-refractivity contribution >= 4 is 15.5 Å². The first-order valence-electron chi connectivity index (χ1n) is 5.61. The van der Waals surface area contributed by atoms with Gasteiger partial charge in [-0.2, -0.15) is 0 Å². The lowest BCUT2D eigenvalue weighted by atomic mass is 10.1. The summed E-state index contributed by atoms with van der Waals surface area (Å²) in [6.45, 7) is 4.03. The minimum absolute atomic E-state index is 0.0269. The summed E-state index contributed by atoms with van der Waals surface area (Å²) >= 11 is 0. The Morgan fingerprint density at radius 2 is 2.12 bits per heavy atom. The minimum atomic E-state index is -3.21. The quantitative estimate of drug-likeness (QED) is 0.877. The van der Waals surface area contributed by atoms with E-state index in [4.69, 9.17) is 4.74 Å². The number of hydrogen-bond acceptors (Lipinski definition) is 4. The number of nitrogens with one attached hydrogen (secondary N) is 1. The molecule has 1 aliphatic rings. The highest BCUT2D eigenvalue weighted by molar-refractivity contribution is 7.91. The summed E-state index contributed by atoms with van der Waals surface area (Å²) in [6.07, 6.45) is 0. The molecule has 4 nitrogen and oxygen atoms in total. The lowest BCUT2D eigenvalue weighted by Gasteiger charge is -2.29. The van der Waals surface area contributed by atoms with Crippen LogP contribution < -0.4 is 10.1 Å². The fourth-order valence-electron chi connectivity index (χ4n) is 1.93. The van der Waals surface area contributed by atoms with Crippen LogP contribution in [0.4, 0.5) is 5.69 Å². The summed E-state index contributed by atoms with van der Waals surface area (Å²) < 4.78 is 29.4. The zero-order valence-corrected chi connectivity index (χ0v) is 11.0. The molecule has 1 aromatic rings. The second-order valence-electron chi connectivity index (χ2n) is 4.64. The van der Waals surface area contributed by atoms with Crippen molar-refractivity contribution in [3.8, 4) is 5.75 Å². The van der Waals surface area contributed by atoms with Gasteiger partial charge in [0, 0.05) is 12.1 Å². The lowest BCUT2D eigenvalue weighted by Crippen LogP contribution is -2.37. The van der Waals surface area contributed by atoms with E-state index in [1.807, 2.05) is 13.8 Å². The van der Waals surface area contributed by atoms with Crippen LogP contribution in [0, 0.1) is 5.92 Å². The molecule has 94 valence electrons. The molecule has 1 heterocycles. The van der Waals surface area contributed by atoms with Gasteiger partial charge < -0.3 is 10.1 Å². The van der Waals surface area contributed by atoms with Crippen LogP contribution in [0.5, 0.6) is 5.75 Å². The summed E-state index contributed by atoms with van der Waals surface area (Å²) in [4.78, 5) is 0.341. The maximum Gasteiger partial charge on any atom is 0.182 e. The summed E-state index contributed by atoms with van der Waals surface area (Å²) in [7, 11) is -1.68. The van der Waals surface area contributed by atoms with E-state index in [-0.39, 0.29) is 17.7 Å². The number of rotatable bonds is 2. The standard InChI is InChI=1S/C12H17NO3S/c1-8(2)11-7-17(14,15)12-6-9(16-3)4-5-10(12)13-11/h4-6,8,11,13H,7H2,1-3H3. The fourth-order valence-corrected chi connectivity index (χ4v) is 3.81. The maximum atomic E-state index is 12.2. The van der Waals surface area contributed by atoms with Crippen LogP contribution in [0.15, 0.2) is 23.1 Å². The van der Waals surface area contributed by atoms with E-state index in [9.17, 15) is 8.42 Å². The van der Waals surface area contributed by atoms with Crippen molar-refractivity contribution in [2.75, 3.05) is 18.2 Å². The van der Waals surface area contributed by atoms with E-state index >= 15 is 0 Å². The number of ether oxygens (including phenoxy) is 1. The molecule has 0 radical (unpaired) electrons. The Hall–Kier alpha value is -1.23. The molecule has 1 atom stereocenters. The third kappa shape index (κ3) is 2.24. The molecule has 0 amide bonds.